The maximum Gasteiger partial charge on any atom is 0.219 e. The first-order valence-electron chi connectivity index (χ1n) is 19.1. The van der Waals surface area contributed by atoms with Gasteiger partial charge in [-0.3, -0.25) is 9.59 Å². The van der Waals surface area contributed by atoms with Crippen LogP contribution in [0.1, 0.15) is 39.5 Å². The number of amides is 2. The fraction of sp³-hybridized carbons (Fsp3) is 0.381. The third-order valence-electron chi connectivity index (χ3n) is 10.5. The third-order valence-corrected chi connectivity index (χ3v) is 14.2. The molecule has 15 heteroatoms. The van der Waals surface area contributed by atoms with E-state index in [1.807, 2.05) is 15.9 Å². The Morgan fingerprint density at radius 1 is 0.702 bits per heavy atom. The number of halogens is 1. The molecule has 1 N–H and O–H groups in total. The Bertz CT molecular complexity index is 2230. The van der Waals surface area contributed by atoms with Crippen molar-refractivity contribution in [2.24, 2.45) is 0 Å². The zero-order valence-electron chi connectivity index (χ0n) is 32.2. The number of hydrogen-bond donors (Lipinski definition) is 1. The van der Waals surface area contributed by atoms with E-state index in [0.717, 1.165) is 56.7 Å². The Balaban J connectivity index is 0.000000193. The monoisotopic (exact) mass is 836 g/mol. The molecule has 4 aromatic carbocycles. The van der Waals surface area contributed by atoms with E-state index in [-0.39, 0.29) is 44.0 Å². The molecule has 2 saturated heterocycles. The number of likely N-dealkylation sites (tertiary alicyclic amines) is 2. The number of fused-ring (bicyclic) bond motifs is 1. The van der Waals surface area contributed by atoms with Crippen molar-refractivity contribution in [3.05, 3.63) is 97.1 Å². The number of anilines is 2. The summed E-state index contributed by atoms with van der Waals surface area (Å²) in [5.74, 6) is 1.57. The first-order chi connectivity index (χ1) is 27.4. The minimum absolute atomic E-state index is 0.0880. The molecule has 7 rings (SSSR count). The summed E-state index contributed by atoms with van der Waals surface area (Å²) < 4.78 is 63.2. The van der Waals surface area contributed by atoms with Crippen LogP contribution in [0.5, 0.6) is 11.5 Å². The van der Waals surface area contributed by atoms with Crippen molar-refractivity contribution in [3.63, 3.8) is 0 Å². The molecule has 12 nitrogen and oxygen atoms in total. The minimum Gasteiger partial charge on any atom is -0.490 e. The van der Waals surface area contributed by atoms with E-state index < -0.39 is 19.7 Å². The van der Waals surface area contributed by atoms with Gasteiger partial charge in [-0.25, -0.2) is 16.8 Å². The van der Waals surface area contributed by atoms with Crippen LogP contribution in [-0.4, -0.2) is 102 Å². The van der Waals surface area contributed by atoms with Crippen LogP contribution in [0.25, 0.3) is 0 Å². The number of piperidine rings is 2. The smallest absolute Gasteiger partial charge is 0.219 e. The van der Waals surface area contributed by atoms with Gasteiger partial charge in [-0.2, -0.15) is 0 Å². The standard InChI is InChI=1S/C21H25ClN2O4S.C21H24N2O4S/c1-16(25)24-12-9-17(10-13-24)23-20-8-7-19(15-21(20)28-14-11-22)29(26,27)18-5-3-2-4-6-18;1-16(24)22-11-9-17(10-12-22)23-13-14-27-21-15-19(7-8-20(21)23)28(25,26)18-5-3-2-4-6-18/h2-8,15,17,23H,9-14H2,1H3;2-8,15,17H,9-14H2,1H3. The van der Waals surface area contributed by atoms with Crippen molar-refractivity contribution in [1.29, 1.82) is 0 Å². The van der Waals surface area contributed by atoms with E-state index >= 15 is 0 Å². The first-order valence-corrected chi connectivity index (χ1v) is 22.6. The molecule has 0 saturated carbocycles. The molecule has 0 spiro atoms. The largest absolute Gasteiger partial charge is 0.490 e. The van der Waals surface area contributed by atoms with Crippen LogP contribution in [0.3, 0.4) is 0 Å². The second-order valence-electron chi connectivity index (χ2n) is 14.2. The van der Waals surface area contributed by atoms with Gasteiger partial charge in [0.05, 0.1) is 43.4 Å². The van der Waals surface area contributed by atoms with Crippen molar-refractivity contribution >= 4 is 54.5 Å². The lowest BCUT2D eigenvalue weighted by Gasteiger charge is -2.42. The van der Waals surface area contributed by atoms with Crippen LogP contribution in [-0.2, 0) is 29.3 Å². The fourth-order valence-electron chi connectivity index (χ4n) is 7.35. The molecule has 3 heterocycles. The number of rotatable bonds is 10. The summed E-state index contributed by atoms with van der Waals surface area (Å²) in [5, 5.41) is 3.44. The number of carbonyl (C=O) groups excluding carboxylic acids is 2. The number of ether oxygens (including phenoxy) is 2. The molecule has 0 aliphatic carbocycles. The highest BCUT2D eigenvalue weighted by atomic mass is 35.5. The molecular formula is C42H49ClN4O8S2. The van der Waals surface area contributed by atoms with Crippen molar-refractivity contribution < 1.29 is 35.9 Å². The number of hydrogen-bond acceptors (Lipinski definition) is 10. The Morgan fingerprint density at radius 2 is 1.23 bits per heavy atom. The predicted octanol–water partition coefficient (Wildman–Crippen LogP) is 6.29. The van der Waals surface area contributed by atoms with E-state index in [0.29, 0.717) is 43.1 Å². The molecule has 0 bridgehead atoms. The predicted molar refractivity (Wildman–Crippen MR) is 220 cm³/mol. The van der Waals surface area contributed by atoms with Gasteiger partial charge < -0.3 is 29.5 Å². The van der Waals surface area contributed by atoms with Gasteiger partial charge in [-0.15, -0.1) is 11.6 Å². The number of sulfone groups is 2. The van der Waals surface area contributed by atoms with Crippen LogP contribution in [0, 0.1) is 0 Å². The maximum atomic E-state index is 12.9. The van der Waals surface area contributed by atoms with E-state index in [1.54, 1.807) is 105 Å². The Morgan fingerprint density at radius 3 is 1.77 bits per heavy atom. The number of nitrogens with zero attached hydrogens (tertiary/aromatic N) is 3. The van der Waals surface area contributed by atoms with E-state index in [4.69, 9.17) is 21.1 Å². The van der Waals surface area contributed by atoms with Crippen molar-refractivity contribution in [3.8, 4) is 11.5 Å². The average molecular weight is 837 g/mol. The van der Waals surface area contributed by atoms with Gasteiger partial charge >= 0.3 is 0 Å². The van der Waals surface area contributed by atoms with Gasteiger partial charge in [0.1, 0.15) is 24.7 Å². The SMILES string of the molecule is CC(=O)N1CCC(N2CCOc3cc(S(=O)(=O)c4ccccc4)ccc32)CC1.CC(=O)N1CCC(Nc2ccc(S(=O)(=O)c3ccccc3)cc2OCCCl)CC1. The van der Waals surface area contributed by atoms with Gasteiger partial charge in [0.25, 0.3) is 0 Å². The maximum absolute atomic E-state index is 12.9. The highest BCUT2D eigenvalue weighted by Gasteiger charge is 2.31. The molecule has 0 unspecified atom stereocenters. The molecule has 4 aromatic rings. The van der Waals surface area contributed by atoms with Crippen LogP contribution >= 0.6 is 11.6 Å². The molecule has 0 aromatic heterocycles. The topological polar surface area (TPSA) is 143 Å². The number of carbonyl (C=O) groups is 2. The van der Waals surface area contributed by atoms with E-state index in [1.165, 1.54) is 0 Å². The molecule has 2 fully saturated rings. The van der Waals surface area contributed by atoms with Gasteiger partial charge in [0, 0.05) is 64.2 Å². The molecule has 304 valence electrons. The third kappa shape index (κ3) is 10.0. The summed E-state index contributed by atoms with van der Waals surface area (Å²) in [6.45, 7) is 7.67. The zero-order chi connectivity index (χ0) is 40.6. The van der Waals surface area contributed by atoms with Crippen LogP contribution in [0.4, 0.5) is 11.4 Å². The first kappa shape index (κ1) is 41.8. The fourth-order valence-corrected chi connectivity index (χ4v) is 10.0. The van der Waals surface area contributed by atoms with Crippen LogP contribution < -0.4 is 19.7 Å². The van der Waals surface area contributed by atoms with Gasteiger partial charge in [0.2, 0.25) is 31.5 Å². The lowest BCUT2D eigenvalue weighted by atomic mass is 10.0. The normalized spacial score (nSPS) is 16.4. The van der Waals surface area contributed by atoms with Crippen LogP contribution in [0.15, 0.2) is 117 Å². The quantitative estimate of drug-likeness (QED) is 0.181. The molecule has 57 heavy (non-hydrogen) atoms. The lowest BCUT2D eigenvalue weighted by Crippen LogP contribution is -2.48. The Hall–Kier alpha value is -4.79. The summed E-state index contributed by atoms with van der Waals surface area (Å²) in [5.41, 5.74) is 1.66. The minimum atomic E-state index is -3.64. The van der Waals surface area contributed by atoms with Crippen LogP contribution in [0.2, 0.25) is 0 Å². The summed E-state index contributed by atoms with van der Waals surface area (Å²) in [4.78, 5) is 30.0. The van der Waals surface area contributed by atoms with Gasteiger partial charge in [-0.1, -0.05) is 36.4 Å². The highest BCUT2D eigenvalue weighted by Crippen LogP contribution is 2.38. The average Bonchev–Trinajstić information content (AvgIpc) is 3.24. The van der Waals surface area contributed by atoms with Crippen molar-refractivity contribution in [2.45, 2.75) is 71.2 Å². The zero-order valence-corrected chi connectivity index (χ0v) is 34.6. The summed E-state index contributed by atoms with van der Waals surface area (Å²) in [6, 6.07) is 27.3. The number of alkyl halides is 1. The Labute approximate surface area is 340 Å². The number of benzene rings is 4. The summed E-state index contributed by atoms with van der Waals surface area (Å²) >= 11 is 5.77. The van der Waals surface area contributed by atoms with Gasteiger partial charge in [0.15, 0.2) is 0 Å². The molecule has 0 radical (unpaired) electrons. The molecular weight excluding hydrogens is 788 g/mol. The molecule has 3 aliphatic rings. The molecule has 0 atom stereocenters. The van der Waals surface area contributed by atoms with Crippen molar-refractivity contribution in [1.82, 2.24) is 9.80 Å². The second kappa shape index (κ2) is 18.6. The summed E-state index contributed by atoms with van der Waals surface area (Å²) in [6.07, 6.45) is 3.45. The second-order valence-corrected chi connectivity index (χ2v) is 18.4. The lowest BCUT2D eigenvalue weighted by molar-refractivity contribution is -0.130. The Kier molecular flexibility index (Phi) is 13.7. The summed E-state index contributed by atoms with van der Waals surface area (Å²) in [7, 11) is -7.21. The number of nitrogens with one attached hydrogen (secondary N) is 1. The molecule has 3 aliphatic heterocycles. The van der Waals surface area contributed by atoms with Crippen molar-refractivity contribution in [2.75, 3.05) is 62.0 Å². The van der Waals surface area contributed by atoms with E-state index in [9.17, 15) is 26.4 Å². The van der Waals surface area contributed by atoms with E-state index in [2.05, 4.69) is 10.2 Å². The molecule has 2 amide bonds. The highest BCUT2D eigenvalue weighted by molar-refractivity contribution is 7.91. The van der Waals surface area contributed by atoms with Gasteiger partial charge in [-0.05, 0) is 74.2 Å².